The van der Waals surface area contributed by atoms with Crippen molar-refractivity contribution >= 4 is 0 Å². The first-order valence-electron chi connectivity index (χ1n) is 7.14. The molecule has 1 heterocycles. The summed E-state index contributed by atoms with van der Waals surface area (Å²) in [4.78, 5) is 0. The van der Waals surface area contributed by atoms with Crippen LogP contribution in [-0.2, 0) is 9.47 Å². The number of hydrogen-bond acceptors (Lipinski definition) is 2. The van der Waals surface area contributed by atoms with Gasteiger partial charge in [-0.2, -0.15) is 0 Å². The lowest BCUT2D eigenvalue weighted by Gasteiger charge is -2.29. The summed E-state index contributed by atoms with van der Waals surface area (Å²) in [5, 5.41) is 0. The van der Waals surface area contributed by atoms with Crippen molar-refractivity contribution in [2.45, 2.75) is 58.7 Å². The second kappa shape index (κ2) is 6.55. The fourth-order valence-corrected chi connectivity index (χ4v) is 2.74. The monoisotopic (exact) mass is 238 g/mol. The molecule has 0 saturated carbocycles. The molecule has 3 atom stereocenters. The van der Waals surface area contributed by atoms with Crippen LogP contribution in [0.25, 0.3) is 0 Å². The van der Waals surface area contributed by atoms with Gasteiger partial charge in [0.05, 0.1) is 6.61 Å². The molecule has 0 spiro atoms. The summed E-state index contributed by atoms with van der Waals surface area (Å²) in [7, 11) is 0. The van der Waals surface area contributed by atoms with E-state index >= 15 is 0 Å². The van der Waals surface area contributed by atoms with E-state index in [2.05, 4.69) is 19.9 Å². The van der Waals surface area contributed by atoms with E-state index in [0.717, 1.165) is 25.6 Å². The second-order valence-corrected chi connectivity index (χ2v) is 5.69. The van der Waals surface area contributed by atoms with Gasteiger partial charge in [-0.15, -0.1) is 0 Å². The maximum absolute atomic E-state index is 5.88. The van der Waals surface area contributed by atoms with E-state index in [1.165, 1.54) is 32.1 Å². The molecule has 1 aliphatic heterocycles. The summed E-state index contributed by atoms with van der Waals surface area (Å²) >= 11 is 0. The van der Waals surface area contributed by atoms with Crippen LogP contribution in [0.1, 0.15) is 52.4 Å². The standard InChI is InChI=1S/C15H26O2/c1-12-6-8-14(9-7-12)13(2)11-17-15-5-3-4-10-16-15/h6,13-15H,3-5,7-11H2,1-2H3. The summed E-state index contributed by atoms with van der Waals surface area (Å²) in [6.45, 7) is 6.31. The van der Waals surface area contributed by atoms with Crippen LogP contribution in [0, 0.1) is 11.8 Å². The van der Waals surface area contributed by atoms with Gasteiger partial charge in [0.2, 0.25) is 0 Å². The third-order valence-electron chi connectivity index (χ3n) is 4.17. The number of hydrogen-bond donors (Lipinski definition) is 0. The van der Waals surface area contributed by atoms with Gasteiger partial charge in [-0.05, 0) is 57.3 Å². The van der Waals surface area contributed by atoms with Crippen molar-refractivity contribution in [3.8, 4) is 0 Å². The van der Waals surface area contributed by atoms with E-state index in [4.69, 9.17) is 9.47 Å². The van der Waals surface area contributed by atoms with Gasteiger partial charge >= 0.3 is 0 Å². The summed E-state index contributed by atoms with van der Waals surface area (Å²) in [5.41, 5.74) is 1.56. The van der Waals surface area contributed by atoms with Crippen molar-refractivity contribution in [2.75, 3.05) is 13.2 Å². The molecule has 1 fully saturated rings. The van der Waals surface area contributed by atoms with Gasteiger partial charge in [-0.25, -0.2) is 0 Å². The van der Waals surface area contributed by atoms with E-state index in [1.54, 1.807) is 5.57 Å². The van der Waals surface area contributed by atoms with Crippen LogP contribution in [0.15, 0.2) is 11.6 Å². The molecule has 0 bridgehead atoms. The Hall–Kier alpha value is -0.340. The molecular formula is C15H26O2. The first-order chi connectivity index (χ1) is 8.25. The molecule has 0 aromatic rings. The third-order valence-corrected chi connectivity index (χ3v) is 4.17. The maximum atomic E-state index is 5.88. The molecule has 98 valence electrons. The summed E-state index contributed by atoms with van der Waals surface area (Å²) in [6, 6.07) is 0. The largest absolute Gasteiger partial charge is 0.353 e. The Morgan fingerprint density at radius 3 is 2.94 bits per heavy atom. The quantitative estimate of drug-likeness (QED) is 0.691. The highest BCUT2D eigenvalue weighted by molar-refractivity contribution is 5.03. The molecule has 2 rings (SSSR count). The van der Waals surface area contributed by atoms with Crippen LogP contribution in [0.3, 0.4) is 0 Å². The maximum Gasteiger partial charge on any atom is 0.157 e. The van der Waals surface area contributed by atoms with Crippen molar-refractivity contribution in [2.24, 2.45) is 11.8 Å². The Labute approximate surface area is 105 Å². The normalized spacial score (nSPS) is 32.0. The molecule has 0 amide bonds. The Morgan fingerprint density at radius 1 is 1.41 bits per heavy atom. The van der Waals surface area contributed by atoms with Crippen molar-refractivity contribution in [3.05, 3.63) is 11.6 Å². The van der Waals surface area contributed by atoms with Crippen LogP contribution in [0.5, 0.6) is 0 Å². The lowest BCUT2D eigenvalue weighted by atomic mass is 9.82. The van der Waals surface area contributed by atoms with Crippen molar-refractivity contribution < 1.29 is 9.47 Å². The Bertz CT molecular complexity index is 254. The van der Waals surface area contributed by atoms with Gasteiger partial charge in [0.15, 0.2) is 6.29 Å². The van der Waals surface area contributed by atoms with E-state index in [1.807, 2.05) is 0 Å². The molecule has 2 heteroatoms. The van der Waals surface area contributed by atoms with Crippen LogP contribution < -0.4 is 0 Å². The minimum absolute atomic E-state index is 0.0760. The Kier molecular flexibility index (Phi) is 5.05. The van der Waals surface area contributed by atoms with Gasteiger partial charge in [0, 0.05) is 6.61 Å². The molecule has 0 N–H and O–H groups in total. The molecule has 1 saturated heterocycles. The average molecular weight is 238 g/mol. The van der Waals surface area contributed by atoms with E-state index in [-0.39, 0.29) is 6.29 Å². The Balaban J connectivity index is 1.68. The first kappa shape index (κ1) is 13.1. The van der Waals surface area contributed by atoms with E-state index < -0.39 is 0 Å². The molecule has 3 unspecified atom stereocenters. The van der Waals surface area contributed by atoms with Gasteiger partial charge in [0.25, 0.3) is 0 Å². The molecular weight excluding hydrogens is 212 g/mol. The summed E-state index contributed by atoms with van der Waals surface area (Å²) < 4.78 is 11.5. The third kappa shape index (κ3) is 4.11. The lowest BCUT2D eigenvalue weighted by molar-refractivity contribution is -0.170. The van der Waals surface area contributed by atoms with Gasteiger partial charge in [-0.3, -0.25) is 0 Å². The van der Waals surface area contributed by atoms with Crippen LogP contribution in [0.2, 0.25) is 0 Å². The van der Waals surface area contributed by atoms with E-state index in [9.17, 15) is 0 Å². The zero-order valence-corrected chi connectivity index (χ0v) is 11.3. The minimum Gasteiger partial charge on any atom is -0.353 e. The number of rotatable bonds is 4. The fourth-order valence-electron chi connectivity index (χ4n) is 2.74. The minimum atomic E-state index is 0.0760. The highest BCUT2D eigenvalue weighted by atomic mass is 16.7. The highest BCUT2D eigenvalue weighted by Crippen LogP contribution is 2.29. The topological polar surface area (TPSA) is 18.5 Å². The second-order valence-electron chi connectivity index (χ2n) is 5.69. The predicted octanol–water partition coefficient (Wildman–Crippen LogP) is 3.91. The molecule has 2 nitrogen and oxygen atoms in total. The van der Waals surface area contributed by atoms with Crippen molar-refractivity contribution in [1.82, 2.24) is 0 Å². The molecule has 0 aromatic carbocycles. The Morgan fingerprint density at radius 2 is 2.29 bits per heavy atom. The smallest absolute Gasteiger partial charge is 0.157 e. The summed E-state index contributed by atoms with van der Waals surface area (Å²) in [6.07, 6.45) is 9.85. The van der Waals surface area contributed by atoms with Crippen molar-refractivity contribution in [1.29, 1.82) is 0 Å². The first-order valence-corrected chi connectivity index (χ1v) is 7.14. The zero-order chi connectivity index (χ0) is 12.1. The number of allylic oxidation sites excluding steroid dienone is 2. The SMILES string of the molecule is CC1=CCC(C(C)COC2CCCCO2)CC1. The van der Waals surface area contributed by atoms with Crippen LogP contribution in [0.4, 0.5) is 0 Å². The van der Waals surface area contributed by atoms with Crippen molar-refractivity contribution in [3.63, 3.8) is 0 Å². The zero-order valence-electron chi connectivity index (χ0n) is 11.3. The molecule has 0 aromatic heterocycles. The predicted molar refractivity (Wildman–Crippen MR) is 69.8 cm³/mol. The van der Waals surface area contributed by atoms with Crippen LogP contribution >= 0.6 is 0 Å². The van der Waals surface area contributed by atoms with Gasteiger partial charge in [0.1, 0.15) is 0 Å². The van der Waals surface area contributed by atoms with Gasteiger partial charge < -0.3 is 9.47 Å². The molecule has 2 aliphatic rings. The van der Waals surface area contributed by atoms with Crippen LogP contribution in [-0.4, -0.2) is 19.5 Å². The molecule has 0 radical (unpaired) electrons. The average Bonchev–Trinajstić information content (AvgIpc) is 2.38. The summed E-state index contributed by atoms with van der Waals surface area (Å²) in [5.74, 6) is 1.46. The van der Waals surface area contributed by atoms with Gasteiger partial charge in [-0.1, -0.05) is 18.6 Å². The lowest BCUT2D eigenvalue weighted by Crippen LogP contribution is -2.27. The number of ether oxygens (including phenoxy) is 2. The van der Waals surface area contributed by atoms with E-state index in [0.29, 0.717) is 5.92 Å². The molecule has 17 heavy (non-hydrogen) atoms. The highest BCUT2D eigenvalue weighted by Gasteiger charge is 2.21. The molecule has 1 aliphatic carbocycles. The fraction of sp³-hybridized carbons (Fsp3) is 0.867.